The van der Waals surface area contributed by atoms with Gasteiger partial charge in [-0.25, -0.2) is 0 Å². The molecule has 1 heterocycles. The molecule has 2 rings (SSSR count). The van der Waals surface area contributed by atoms with Crippen LogP contribution >= 0.6 is 15.9 Å². The largest absolute Gasteiger partial charge is 0.358 e. The van der Waals surface area contributed by atoms with Gasteiger partial charge in [0.25, 0.3) is 0 Å². The van der Waals surface area contributed by atoms with Crippen molar-refractivity contribution in [2.45, 2.75) is 26.7 Å². The Morgan fingerprint density at radius 2 is 2.12 bits per heavy atom. The summed E-state index contributed by atoms with van der Waals surface area (Å²) in [6.07, 6.45) is 1.40. The Hall–Kier alpha value is -1.09. The number of aromatic nitrogens is 1. The third kappa shape index (κ3) is 1.80. The molecule has 0 aliphatic heterocycles. The Labute approximate surface area is 103 Å². The fraction of sp³-hybridized carbons (Fsp3) is 0.308. The number of rotatable bonds is 3. The van der Waals surface area contributed by atoms with Gasteiger partial charge in [0.2, 0.25) is 0 Å². The Morgan fingerprint density at radius 1 is 1.38 bits per heavy atom. The first-order valence-corrected chi connectivity index (χ1v) is 6.30. The van der Waals surface area contributed by atoms with Crippen LogP contribution in [0, 0.1) is 0 Å². The van der Waals surface area contributed by atoms with E-state index in [0.717, 1.165) is 33.1 Å². The standard InChI is InChI=1S/C13H14BrNO/c1-3-10-13(12(16)4-2)9-7-8(14)5-6-11(9)15-10/h5-7,15H,3-4H2,1-2H3. The van der Waals surface area contributed by atoms with Crippen molar-refractivity contribution >= 4 is 32.6 Å². The number of carbonyl (C=O) groups is 1. The molecule has 16 heavy (non-hydrogen) atoms. The Morgan fingerprint density at radius 3 is 2.75 bits per heavy atom. The topological polar surface area (TPSA) is 32.9 Å². The number of hydrogen-bond donors (Lipinski definition) is 1. The number of aryl methyl sites for hydroxylation is 1. The van der Waals surface area contributed by atoms with Crippen molar-refractivity contribution in [1.29, 1.82) is 0 Å². The van der Waals surface area contributed by atoms with Gasteiger partial charge >= 0.3 is 0 Å². The van der Waals surface area contributed by atoms with Crippen LogP contribution in [0.2, 0.25) is 0 Å². The highest BCUT2D eigenvalue weighted by atomic mass is 79.9. The van der Waals surface area contributed by atoms with Crippen molar-refractivity contribution in [2.75, 3.05) is 0 Å². The molecule has 1 N–H and O–H groups in total. The highest BCUT2D eigenvalue weighted by molar-refractivity contribution is 9.10. The van der Waals surface area contributed by atoms with Gasteiger partial charge in [-0.15, -0.1) is 0 Å². The minimum atomic E-state index is 0.209. The predicted octanol–water partition coefficient (Wildman–Crippen LogP) is 4.09. The molecular formula is C13H14BrNO. The first-order valence-electron chi connectivity index (χ1n) is 5.50. The summed E-state index contributed by atoms with van der Waals surface area (Å²) in [5.74, 6) is 0.209. The number of Topliss-reactive ketones (excluding diaryl/α,β-unsaturated/α-hetero) is 1. The molecular weight excluding hydrogens is 266 g/mol. The molecule has 3 heteroatoms. The second-order valence-corrected chi connectivity index (χ2v) is 4.71. The van der Waals surface area contributed by atoms with Crippen LogP contribution in [-0.2, 0) is 6.42 Å². The number of carbonyl (C=O) groups excluding carboxylic acids is 1. The van der Waals surface area contributed by atoms with Gasteiger partial charge in [-0.1, -0.05) is 29.8 Å². The molecule has 2 aromatic rings. The lowest BCUT2D eigenvalue weighted by Crippen LogP contribution is -1.99. The summed E-state index contributed by atoms with van der Waals surface area (Å²) in [7, 11) is 0. The second kappa shape index (κ2) is 4.42. The van der Waals surface area contributed by atoms with Crippen molar-refractivity contribution in [2.24, 2.45) is 0 Å². The van der Waals surface area contributed by atoms with Crippen molar-refractivity contribution in [3.05, 3.63) is 33.9 Å². The summed E-state index contributed by atoms with van der Waals surface area (Å²) in [5, 5.41) is 1.03. The third-order valence-corrected chi connectivity index (χ3v) is 3.29. The maximum absolute atomic E-state index is 11.9. The van der Waals surface area contributed by atoms with E-state index in [4.69, 9.17) is 0 Å². The van der Waals surface area contributed by atoms with Gasteiger partial charge < -0.3 is 4.98 Å². The summed E-state index contributed by atoms with van der Waals surface area (Å²) in [6, 6.07) is 6.00. The van der Waals surface area contributed by atoms with Crippen molar-refractivity contribution < 1.29 is 4.79 Å². The summed E-state index contributed by atoms with van der Waals surface area (Å²) in [6.45, 7) is 3.96. The zero-order valence-electron chi connectivity index (χ0n) is 9.43. The van der Waals surface area contributed by atoms with Crippen LogP contribution in [0.25, 0.3) is 10.9 Å². The molecule has 84 valence electrons. The van der Waals surface area contributed by atoms with Crippen LogP contribution in [-0.4, -0.2) is 10.8 Å². The smallest absolute Gasteiger partial charge is 0.165 e. The number of fused-ring (bicyclic) bond motifs is 1. The molecule has 0 unspecified atom stereocenters. The second-order valence-electron chi connectivity index (χ2n) is 3.80. The molecule has 0 aliphatic rings. The Bertz CT molecular complexity index is 542. The Kier molecular flexibility index (Phi) is 3.15. The Balaban J connectivity index is 2.75. The zero-order chi connectivity index (χ0) is 11.7. The SMILES string of the molecule is CCC(=O)c1c(CC)[nH]c2ccc(Br)cc12. The van der Waals surface area contributed by atoms with Crippen molar-refractivity contribution in [1.82, 2.24) is 4.98 Å². The number of H-pyrrole nitrogens is 1. The number of aromatic amines is 1. The first-order chi connectivity index (χ1) is 7.67. The molecule has 2 nitrogen and oxygen atoms in total. The van der Waals surface area contributed by atoms with Crippen molar-refractivity contribution in [3.8, 4) is 0 Å². The van der Waals surface area contributed by atoms with E-state index in [1.54, 1.807) is 0 Å². The van der Waals surface area contributed by atoms with Crippen LogP contribution < -0.4 is 0 Å². The molecule has 0 aliphatic carbocycles. The van der Waals surface area contributed by atoms with E-state index in [1.165, 1.54) is 0 Å². The van der Waals surface area contributed by atoms with E-state index in [2.05, 4.69) is 27.8 Å². The molecule has 0 bridgehead atoms. The normalized spacial score (nSPS) is 10.9. The molecule has 0 saturated carbocycles. The number of halogens is 1. The van der Waals surface area contributed by atoms with E-state index < -0.39 is 0 Å². The molecule has 0 saturated heterocycles. The lowest BCUT2D eigenvalue weighted by atomic mass is 10.0. The number of nitrogens with one attached hydrogen (secondary N) is 1. The van der Waals surface area contributed by atoms with E-state index in [-0.39, 0.29) is 5.78 Å². The molecule has 0 atom stereocenters. The van der Waals surface area contributed by atoms with Gasteiger partial charge in [0.05, 0.1) is 0 Å². The maximum atomic E-state index is 11.9. The van der Waals surface area contributed by atoms with Crippen LogP contribution in [0.1, 0.15) is 36.3 Å². The minimum Gasteiger partial charge on any atom is -0.358 e. The monoisotopic (exact) mass is 279 g/mol. The fourth-order valence-electron chi connectivity index (χ4n) is 1.98. The van der Waals surface area contributed by atoms with Gasteiger partial charge in [-0.05, 0) is 24.6 Å². The quantitative estimate of drug-likeness (QED) is 0.844. The van der Waals surface area contributed by atoms with Gasteiger partial charge in [0.15, 0.2) is 5.78 Å². The summed E-state index contributed by atoms with van der Waals surface area (Å²) in [5.41, 5.74) is 2.94. The fourth-order valence-corrected chi connectivity index (χ4v) is 2.34. The van der Waals surface area contributed by atoms with Crippen LogP contribution in [0.5, 0.6) is 0 Å². The maximum Gasteiger partial charge on any atom is 0.165 e. The highest BCUT2D eigenvalue weighted by Gasteiger charge is 2.15. The molecule has 1 aromatic heterocycles. The average Bonchev–Trinajstić information content (AvgIpc) is 2.65. The summed E-state index contributed by atoms with van der Waals surface area (Å²) >= 11 is 3.44. The lowest BCUT2D eigenvalue weighted by molar-refractivity contribution is 0.0989. The molecule has 0 spiro atoms. The van der Waals surface area contributed by atoms with Gasteiger partial charge in [0.1, 0.15) is 0 Å². The minimum absolute atomic E-state index is 0.209. The van der Waals surface area contributed by atoms with Crippen LogP contribution in [0.15, 0.2) is 22.7 Å². The summed E-state index contributed by atoms with van der Waals surface area (Å²) in [4.78, 5) is 15.3. The average molecular weight is 280 g/mol. The van der Waals surface area contributed by atoms with Gasteiger partial charge in [-0.2, -0.15) is 0 Å². The zero-order valence-corrected chi connectivity index (χ0v) is 11.0. The molecule has 0 fully saturated rings. The van der Waals surface area contributed by atoms with Crippen LogP contribution in [0.4, 0.5) is 0 Å². The van der Waals surface area contributed by atoms with E-state index in [9.17, 15) is 4.79 Å². The molecule has 1 aromatic carbocycles. The lowest BCUT2D eigenvalue weighted by Gasteiger charge is -1.99. The molecule has 0 amide bonds. The molecule has 0 radical (unpaired) electrons. The number of ketones is 1. The van der Waals surface area contributed by atoms with E-state index in [1.807, 2.05) is 25.1 Å². The number of hydrogen-bond acceptors (Lipinski definition) is 1. The summed E-state index contributed by atoms with van der Waals surface area (Å²) < 4.78 is 1.01. The van der Waals surface area contributed by atoms with Gasteiger partial charge in [0, 0.05) is 33.1 Å². The van der Waals surface area contributed by atoms with Crippen LogP contribution in [0.3, 0.4) is 0 Å². The van der Waals surface area contributed by atoms with Crippen molar-refractivity contribution in [3.63, 3.8) is 0 Å². The highest BCUT2D eigenvalue weighted by Crippen LogP contribution is 2.27. The van der Waals surface area contributed by atoms with E-state index in [0.29, 0.717) is 6.42 Å². The van der Waals surface area contributed by atoms with Gasteiger partial charge in [-0.3, -0.25) is 4.79 Å². The third-order valence-electron chi connectivity index (χ3n) is 2.79. The first kappa shape index (κ1) is 11.4. The number of benzene rings is 1. The van der Waals surface area contributed by atoms with E-state index >= 15 is 0 Å². The predicted molar refractivity (Wildman–Crippen MR) is 70.0 cm³/mol.